The maximum Gasteiger partial charge on any atom is 0.412 e. The lowest BCUT2D eigenvalue weighted by atomic mass is 10.2. The number of nitrogens with one attached hydrogen (secondary N) is 1. The number of benzene rings is 1. The maximum absolute atomic E-state index is 11.5. The van der Waals surface area contributed by atoms with Gasteiger partial charge in [-0.15, -0.1) is 0 Å². The quantitative estimate of drug-likeness (QED) is 0.817. The molecule has 0 saturated heterocycles. The second kappa shape index (κ2) is 5.55. The van der Waals surface area contributed by atoms with Crippen LogP contribution in [0, 0.1) is 3.57 Å². The molecule has 5 nitrogen and oxygen atoms in total. The number of halogens is 1. The second-order valence-corrected chi connectivity index (χ2v) is 5.77. The monoisotopic (exact) mass is 362 g/mol. The molecule has 1 aromatic carbocycles. The highest BCUT2D eigenvalue weighted by Crippen LogP contribution is 2.20. The largest absolute Gasteiger partial charge is 0.545 e. The number of carbonyl (C=O) groups excluding carboxylic acids is 2. The minimum Gasteiger partial charge on any atom is -0.545 e. The van der Waals surface area contributed by atoms with E-state index >= 15 is 0 Å². The summed E-state index contributed by atoms with van der Waals surface area (Å²) in [5.74, 6) is -1.25. The maximum atomic E-state index is 11.5. The van der Waals surface area contributed by atoms with Gasteiger partial charge >= 0.3 is 6.09 Å². The van der Waals surface area contributed by atoms with Crippen molar-refractivity contribution < 1.29 is 19.4 Å². The first-order chi connectivity index (χ1) is 8.19. The number of carboxylic acid groups (broad SMARTS) is 1. The first kappa shape index (κ1) is 14.7. The van der Waals surface area contributed by atoms with Crippen LogP contribution in [0.4, 0.5) is 10.5 Å². The Hall–Kier alpha value is -1.31. The van der Waals surface area contributed by atoms with Crippen LogP contribution in [0.2, 0.25) is 0 Å². The summed E-state index contributed by atoms with van der Waals surface area (Å²) in [6, 6.07) is 4.28. The molecule has 1 N–H and O–H groups in total. The zero-order valence-corrected chi connectivity index (χ0v) is 12.4. The number of amides is 1. The van der Waals surface area contributed by atoms with Crippen LogP contribution in [0.25, 0.3) is 0 Å². The van der Waals surface area contributed by atoms with E-state index in [9.17, 15) is 14.7 Å². The van der Waals surface area contributed by atoms with Crippen molar-refractivity contribution in [3.8, 4) is 0 Å². The molecule has 0 aromatic heterocycles. The zero-order valence-electron chi connectivity index (χ0n) is 10.2. The number of carboxylic acids is 1. The highest BCUT2D eigenvalue weighted by Gasteiger charge is 2.16. The van der Waals surface area contributed by atoms with Gasteiger partial charge in [0.15, 0.2) is 0 Å². The summed E-state index contributed by atoms with van der Waals surface area (Å²) in [4.78, 5) is 22.2. The second-order valence-electron chi connectivity index (χ2n) is 4.61. The predicted octanol–water partition coefficient (Wildman–Crippen LogP) is 2.00. The number of carbonyl (C=O) groups is 2. The highest BCUT2D eigenvalue weighted by atomic mass is 127. The topological polar surface area (TPSA) is 78.5 Å². The minimum atomic E-state index is -1.25. The van der Waals surface area contributed by atoms with Crippen LogP contribution in [0.5, 0.6) is 0 Å². The van der Waals surface area contributed by atoms with Gasteiger partial charge in [0, 0.05) is 3.57 Å². The molecule has 0 spiro atoms. The standard InChI is InChI=1S/C12H14INO4/c1-12(2,3)18-11(17)14-9-5-4-7(10(15)16)6-8(9)13/h4-6H,1-3H3,(H,14,17)(H,15,16)/p-1. The summed E-state index contributed by atoms with van der Waals surface area (Å²) in [5.41, 5.74) is -0.0236. The Morgan fingerprint density at radius 3 is 2.39 bits per heavy atom. The highest BCUT2D eigenvalue weighted by molar-refractivity contribution is 14.1. The third kappa shape index (κ3) is 4.52. The molecule has 0 heterocycles. The van der Waals surface area contributed by atoms with Gasteiger partial charge in [-0.05, 0) is 61.1 Å². The Balaban J connectivity index is 2.80. The van der Waals surface area contributed by atoms with Crippen LogP contribution >= 0.6 is 22.6 Å². The van der Waals surface area contributed by atoms with Gasteiger partial charge in [0.2, 0.25) is 0 Å². The molecular formula is C12H13INO4-. The summed E-state index contributed by atoms with van der Waals surface area (Å²) in [6.07, 6.45) is -0.582. The van der Waals surface area contributed by atoms with Crippen molar-refractivity contribution in [2.75, 3.05) is 5.32 Å². The fourth-order valence-electron chi connectivity index (χ4n) is 1.16. The van der Waals surface area contributed by atoms with E-state index in [1.54, 1.807) is 20.8 Å². The van der Waals surface area contributed by atoms with E-state index in [-0.39, 0.29) is 5.56 Å². The third-order valence-corrected chi connectivity index (χ3v) is 2.73. The van der Waals surface area contributed by atoms with Crippen molar-refractivity contribution in [1.29, 1.82) is 0 Å². The van der Waals surface area contributed by atoms with E-state index in [4.69, 9.17) is 4.74 Å². The van der Waals surface area contributed by atoms with Crippen molar-refractivity contribution in [2.24, 2.45) is 0 Å². The van der Waals surface area contributed by atoms with Gasteiger partial charge in [-0.3, -0.25) is 5.32 Å². The smallest absolute Gasteiger partial charge is 0.412 e. The van der Waals surface area contributed by atoms with Crippen LogP contribution < -0.4 is 10.4 Å². The van der Waals surface area contributed by atoms with Gasteiger partial charge in [-0.25, -0.2) is 4.79 Å². The van der Waals surface area contributed by atoms with Crippen molar-refractivity contribution >= 4 is 40.3 Å². The van der Waals surface area contributed by atoms with Crippen molar-refractivity contribution in [3.05, 3.63) is 27.3 Å². The molecule has 0 aliphatic heterocycles. The molecule has 1 aromatic rings. The van der Waals surface area contributed by atoms with Gasteiger partial charge in [0.25, 0.3) is 0 Å². The molecule has 0 atom stereocenters. The molecule has 0 unspecified atom stereocenters. The first-order valence-corrected chi connectivity index (χ1v) is 6.28. The van der Waals surface area contributed by atoms with Gasteiger partial charge < -0.3 is 14.6 Å². The van der Waals surface area contributed by atoms with E-state index in [1.807, 2.05) is 22.6 Å². The van der Waals surface area contributed by atoms with Crippen molar-refractivity contribution in [3.63, 3.8) is 0 Å². The van der Waals surface area contributed by atoms with Crippen LogP contribution in [0.15, 0.2) is 18.2 Å². The Morgan fingerprint density at radius 1 is 1.33 bits per heavy atom. The number of anilines is 1. The Labute approximate surface area is 119 Å². The Kier molecular flexibility index (Phi) is 4.55. The van der Waals surface area contributed by atoms with Crippen molar-refractivity contribution in [1.82, 2.24) is 0 Å². The summed E-state index contributed by atoms with van der Waals surface area (Å²) >= 11 is 1.93. The first-order valence-electron chi connectivity index (χ1n) is 5.20. The molecule has 0 fully saturated rings. The zero-order chi connectivity index (χ0) is 13.9. The number of hydrogen-bond donors (Lipinski definition) is 1. The number of aromatic carboxylic acids is 1. The third-order valence-electron chi connectivity index (χ3n) is 1.84. The normalized spacial score (nSPS) is 10.9. The molecule has 0 radical (unpaired) electrons. The Morgan fingerprint density at radius 2 is 1.94 bits per heavy atom. The molecule has 6 heteroatoms. The molecule has 98 valence electrons. The Bertz CT molecular complexity index is 479. The molecule has 0 saturated carbocycles. The fourth-order valence-corrected chi connectivity index (χ4v) is 1.81. The summed E-state index contributed by atoms with van der Waals surface area (Å²) in [6.45, 7) is 5.28. The van der Waals surface area contributed by atoms with Crippen LogP contribution in [-0.2, 0) is 4.74 Å². The van der Waals surface area contributed by atoms with Gasteiger partial charge in [-0.1, -0.05) is 6.07 Å². The number of rotatable bonds is 2. The lowest BCUT2D eigenvalue weighted by molar-refractivity contribution is -0.255. The molecule has 0 aliphatic carbocycles. The molecule has 1 rings (SSSR count). The predicted molar refractivity (Wildman–Crippen MR) is 73.3 cm³/mol. The lowest BCUT2D eigenvalue weighted by Crippen LogP contribution is -2.27. The van der Waals surface area contributed by atoms with Crippen molar-refractivity contribution in [2.45, 2.75) is 26.4 Å². The van der Waals surface area contributed by atoms with Crippen LogP contribution in [-0.4, -0.2) is 17.7 Å². The average Bonchev–Trinajstić information content (AvgIpc) is 2.17. The van der Waals surface area contributed by atoms with Crippen LogP contribution in [0.1, 0.15) is 31.1 Å². The van der Waals surface area contributed by atoms with Gasteiger partial charge in [0.1, 0.15) is 5.60 Å². The fraction of sp³-hybridized carbons (Fsp3) is 0.333. The summed E-state index contributed by atoms with van der Waals surface area (Å²) < 4.78 is 5.69. The average molecular weight is 362 g/mol. The molecule has 1 amide bonds. The molecule has 0 aliphatic rings. The summed E-state index contributed by atoms with van der Waals surface area (Å²) in [7, 11) is 0. The molecular weight excluding hydrogens is 349 g/mol. The van der Waals surface area contributed by atoms with E-state index < -0.39 is 17.7 Å². The van der Waals surface area contributed by atoms with Gasteiger partial charge in [-0.2, -0.15) is 0 Å². The SMILES string of the molecule is CC(C)(C)OC(=O)Nc1ccc(C(=O)[O-])cc1I. The van der Waals surface area contributed by atoms with E-state index in [0.29, 0.717) is 9.26 Å². The number of hydrogen-bond acceptors (Lipinski definition) is 4. The van der Waals surface area contributed by atoms with Crippen LogP contribution in [0.3, 0.4) is 0 Å². The van der Waals surface area contributed by atoms with E-state index in [1.165, 1.54) is 18.2 Å². The van der Waals surface area contributed by atoms with E-state index in [2.05, 4.69) is 5.32 Å². The lowest BCUT2D eigenvalue weighted by Gasteiger charge is -2.20. The minimum absolute atomic E-state index is 0.0640. The molecule has 18 heavy (non-hydrogen) atoms. The number of ether oxygens (including phenoxy) is 1. The van der Waals surface area contributed by atoms with Gasteiger partial charge in [0.05, 0.1) is 11.7 Å². The van der Waals surface area contributed by atoms with E-state index in [0.717, 1.165) is 0 Å². The summed E-state index contributed by atoms with van der Waals surface area (Å²) in [5, 5.41) is 13.2. The molecule has 0 bridgehead atoms.